The summed E-state index contributed by atoms with van der Waals surface area (Å²) in [5, 5.41) is 14.4. The van der Waals surface area contributed by atoms with E-state index in [9.17, 15) is 5.11 Å². The Morgan fingerprint density at radius 2 is 2.06 bits per heavy atom. The maximum Gasteiger partial charge on any atom is 0.0712 e. The standard InChI is InChI=1S/C13H18ClNO/c1-10-2-3-11(12(14)8-10)9-13(16)4-6-15-7-5-13/h2-3,8,15-16H,4-7,9H2,1H3. The maximum absolute atomic E-state index is 10.4. The number of benzene rings is 1. The molecule has 2 N–H and O–H groups in total. The molecule has 0 spiro atoms. The number of aliphatic hydroxyl groups is 1. The molecule has 1 saturated heterocycles. The average Bonchev–Trinajstić information content (AvgIpc) is 2.23. The minimum atomic E-state index is -0.579. The summed E-state index contributed by atoms with van der Waals surface area (Å²) < 4.78 is 0. The van der Waals surface area contributed by atoms with E-state index < -0.39 is 5.60 Å². The summed E-state index contributed by atoms with van der Waals surface area (Å²) in [6, 6.07) is 6.03. The Morgan fingerprint density at radius 3 is 2.69 bits per heavy atom. The van der Waals surface area contributed by atoms with Crippen molar-refractivity contribution in [2.45, 2.75) is 31.8 Å². The summed E-state index contributed by atoms with van der Waals surface area (Å²) >= 11 is 6.18. The van der Waals surface area contributed by atoms with Crippen LogP contribution in [-0.2, 0) is 6.42 Å². The summed E-state index contributed by atoms with van der Waals surface area (Å²) in [5.41, 5.74) is 1.63. The molecule has 0 bridgehead atoms. The molecule has 1 fully saturated rings. The molecule has 1 aliphatic rings. The lowest BCUT2D eigenvalue weighted by Gasteiger charge is -2.33. The third kappa shape index (κ3) is 2.76. The van der Waals surface area contributed by atoms with Crippen molar-refractivity contribution in [3.63, 3.8) is 0 Å². The highest BCUT2D eigenvalue weighted by Gasteiger charge is 2.29. The van der Waals surface area contributed by atoms with Gasteiger partial charge in [-0.05, 0) is 50.0 Å². The molecule has 0 unspecified atom stereocenters. The van der Waals surface area contributed by atoms with E-state index in [-0.39, 0.29) is 0 Å². The van der Waals surface area contributed by atoms with Crippen LogP contribution in [0.4, 0.5) is 0 Å². The van der Waals surface area contributed by atoms with E-state index in [1.807, 2.05) is 25.1 Å². The molecule has 1 aliphatic heterocycles. The number of hydrogen-bond donors (Lipinski definition) is 2. The van der Waals surface area contributed by atoms with Gasteiger partial charge in [0, 0.05) is 11.4 Å². The Hall–Kier alpha value is -0.570. The predicted octanol–water partition coefficient (Wildman–Crippen LogP) is 2.31. The van der Waals surface area contributed by atoms with Crippen molar-refractivity contribution in [2.24, 2.45) is 0 Å². The lowest BCUT2D eigenvalue weighted by atomic mass is 9.86. The molecule has 0 radical (unpaired) electrons. The van der Waals surface area contributed by atoms with Gasteiger partial charge in [-0.25, -0.2) is 0 Å². The number of aryl methyl sites for hydroxylation is 1. The number of nitrogens with one attached hydrogen (secondary N) is 1. The van der Waals surface area contributed by atoms with E-state index in [1.54, 1.807) is 0 Å². The molecule has 16 heavy (non-hydrogen) atoms. The summed E-state index contributed by atoms with van der Waals surface area (Å²) in [6.45, 7) is 3.80. The zero-order valence-corrected chi connectivity index (χ0v) is 10.3. The minimum absolute atomic E-state index is 0.579. The molecule has 0 aromatic heterocycles. The van der Waals surface area contributed by atoms with Gasteiger partial charge in [-0.15, -0.1) is 0 Å². The lowest BCUT2D eigenvalue weighted by Crippen LogP contribution is -2.43. The molecule has 1 aromatic carbocycles. The van der Waals surface area contributed by atoms with Gasteiger partial charge in [-0.3, -0.25) is 0 Å². The van der Waals surface area contributed by atoms with Crippen LogP contribution in [-0.4, -0.2) is 23.8 Å². The Morgan fingerprint density at radius 1 is 1.38 bits per heavy atom. The fourth-order valence-corrected chi connectivity index (χ4v) is 2.52. The summed E-state index contributed by atoms with van der Waals surface area (Å²) in [7, 11) is 0. The minimum Gasteiger partial charge on any atom is -0.389 e. The van der Waals surface area contributed by atoms with Crippen LogP contribution >= 0.6 is 11.6 Å². The normalized spacial score (nSPS) is 19.7. The molecular weight excluding hydrogens is 222 g/mol. The van der Waals surface area contributed by atoms with Crippen molar-refractivity contribution >= 4 is 11.6 Å². The van der Waals surface area contributed by atoms with Crippen LogP contribution < -0.4 is 5.32 Å². The van der Waals surface area contributed by atoms with Crippen LogP contribution in [0, 0.1) is 6.92 Å². The van der Waals surface area contributed by atoms with Gasteiger partial charge in [-0.1, -0.05) is 23.7 Å². The van der Waals surface area contributed by atoms with Crippen LogP contribution in [0.5, 0.6) is 0 Å². The van der Waals surface area contributed by atoms with E-state index in [1.165, 1.54) is 0 Å². The molecule has 1 heterocycles. The van der Waals surface area contributed by atoms with Gasteiger partial charge >= 0.3 is 0 Å². The fourth-order valence-electron chi connectivity index (χ4n) is 2.22. The Balaban J connectivity index is 2.13. The monoisotopic (exact) mass is 239 g/mol. The quantitative estimate of drug-likeness (QED) is 0.830. The van der Waals surface area contributed by atoms with Crippen LogP contribution in [0.15, 0.2) is 18.2 Å². The van der Waals surface area contributed by atoms with Gasteiger partial charge in [0.15, 0.2) is 0 Å². The van der Waals surface area contributed by atoms with Gasteiger partial charge in [0.05, 0.1) is 5.60 Å². The highest BCUT2D eigenvalue weighted by Crippen LogP contribution is 2.27. The van der Waals surface area contributed by atoms with Gasteiger partial charge in [-0.2, -0.15) is 0 Å². The molecule has 88 valence electrons. The number of hydrogen-bond acceptors (Lipinski definition) is 2. The van der Waals surface area contributed by atoms with Crippen molar-refractivity contribution in [3.05, 3.63) is 34.3 Å². The lowest BCUT2D eigenvalue weighted by molar-refractivity contribution is 0.0109. The molecule has 2 rings (SSSR count). The van der Waals surface area contributed by atoms with Gasteiger partial charge in [0.25, 0.3) is 0 Å². The average molecular weight is 240 g/mol. The maximum atomic E-state index is 10.4. The second kappa shape index (κ2) is 4.74. The van der Waals surface area contributed by atoms with E-state index in [0.717, 1.165) is 42.1 Å². The van der Waals surface area contributed by atoms with Crippen LogP contribution in [0.2, 0.25) is 5.02 Å². The van der Waals surface area contributed by atoms with Crippen LogP contribution in [0.1, 0.15) is 24.0 Å². The summed E-state index contributed by atoms with van der Waals surface area (Å²) in [4.78, 5) is 0. The molecule has 0 aliphatic carbocycles. The smallest absolute Gasteiger partial charge is 0.0712 e. The van der Waals surface area contributed by atoms with Crippen molar-refractivity contribution in [1.29, 1.82) is 0 Å². The number of piperidine rings is 1. The Kier molecular flexibility index (Phi) is 3.53. The number of halogens is 1. The third-order valence-corrected chi connectivity index (χ3v) is 3.61. The van der Waals surface area contributed by atoms with Crippen molar-refractivity contribution in [3.8, 4) is 0 Å². The van der Waals surface area contributed by atoms with Crippen LogP contribution in [0.3, 0.4) is 0 Å². The largest absolute Gasteiger partial charge is 0.389 e. The molecule has 0 saturated carbocycles. The molecule has 0 atom stereocenters. The predicted molar refractivity (Wildman–Crippen MR) is 66.9 cm³/mol. The molecule has 0 amide bonds. The second-order valence-electron chi connectivity index (χ2n) is 4.75. The van der Waals surface area contributed by atoms with Crippen LogP contribution in [0.25, 0.3) is 0 Å². The van der Waals surface area contributed by atoms with E-state index in [0.29, 0.717) is 6.42 Å². The van der Waals surface area contributed by atoms with Crippen molar-refractivity contribution < 1.29 is 5.11 Å². The van der Waals surface area contributed by atoms with Gasteiger partial charge in [0.2, 0.25) is 0 Å². The highest BCUT2D eigenvalue weighted by molar-refractivity contribution is 6.31. The summed E-state index contributed by atoms with van der Waals surface area (Å²) in [5.74, 6) is 0. The molecule has 3 heteroatoms. The SMILES string of the molecule is Cc1ccc(CC2(O)CCNCC2)c(Cl)c1. The first kappa shape index (κ1) is 11.9. The summed E-state index contributed by atoms with van der Waals surface area (Å²) in [6.07, 6.45) is 2.27. The Labute approximate surface area is 102 Å². The van der Waals surface area contributed by atoms with Crippen molar-refractivity contribution in [1.82, 2.24) is 5.32 Å². The third-order valence-electron chi connectivity index (χ3n) is 3.26. The zero-order chi connectivity index (χ0) is 11.6. The van der Waals surface area contributed by atoms with Gasteiger partial charge in [0.1, 0.15) is 0 Å². The zero-order valence-electron chi connectivity index (χ0n) is 9.59. The van der Waals surface area contributed by atoms with E-state index in [2.05, 4.69) is 5.32 Å². The first-order valence-electron chi connectivity index (χ1n) is 5.77. The topological polar surface area (TPSA) is 32.3 Å². The second-order valence-corrected chi connectivity index (χ2v) is 5.15. The van der Waals surface area contributed by atoms with E-state index >= 15 is 0 Å². The fraction of sp³-hybridized carbons (Fsp3) is 0.538. The molecule has 1 aromatic rings. The molecular formula is C13H18ClNO. The Bertz CT molecular complexity index is 372. The highest BCUT2D eigenvalue weighted by atomic mass is 35.5. The van der Waals surface area contributed by atoms with Gasteiger partial charge < -0.3 is 10.4 Å². The number of rotatable bonds is 2. The molecule has 2 nitrogen and oxygen atoms in total. The first-order valence-corrected chi connectivity index (χ1v) is 6.15. The van der Waals surface area contributed by atoms with E-state index in [4.69, 9.17) is 11.6 Å². The first-order chi connectivity index (χ1) is 7.59. The van der Waals surface area contributed by atoms with Crippen molar-refractivity contribution in [2.75, 3.05) is 13.1 Å².